The van der Waals surface area contributed by atoms with Gasteiger partial charge in [0.2, 0.25) is 0 Å². The molecule has 2 N–H and O–H groups in total. The second-order valence-corrected chi connectivity index (χ2v) is 4.84. The Hall–Kier alpha value is -0.180. The number of hydrogen-bond acceptors (Lipinski definition) is 2. The largest absolute Gasteiger partial charge is 0.379 e. The molecule has 0 heterocycles. The van der Waals surface area contributed by atoms with E-state index >= 15 is 0 Å². The Bertz CT molecular complexity index is 136. The van der Waals surface area contributed by atoms with Crippen molar-refractivity contribution in [3.8, 4) is 0 Å². The normalized spacial score (nSPS) is 13.6. The van der Waals surface area contributed by atoms with Crippen molar-refractivity contribution >= 4 is 16.9 Å². The van der Waals surface area contributed by atoms with Crippen molar-refractivity contribution in [3.63, 3.8) is 0 Å². The Balaban J connectivity index is 3.43. The zero-order chi connectivity index (χ0) is 8.91. The van der Waals surface area contributed by atoms with Crippen molar-refractivity contribution in [1.29, 1.82) is 0 Å². The molecular formula is C8H18N2S. The predicted octanol–water partition coefficient (Wildman–Crippen LogP) is 2.10. The first-order valence-electron chi connectivity index (χ1n) is 3.81. The van der Waals surface area contributed by atoms with E-state index in [1.807, 2.05) is 0 Å². The zero-order valence-electron chi connectivity index (χ0n) is 7.85. The van der Waals surface area contributed by atoms with Crippen LogP contribution in [-0.4, -0.2) is 18.0 Å². The molecule has 0 spiro atoms. The molecule has 0 aliphatic heterocycles. The van der Waals surface area contributed by atoms with Crippen LogP contribution in [0.4, 0.5) is 0 Å². The van der Waals surface area contributed by atoms with Crippen molar-refractivity contribution < 1.29 is 0 Å². The van der Waals surface area contributed by atoms with Crippen LogP contribution in [0.25, 0.3) is 0 Å². The number of thioether (sulfide) groups is 1. The maximum atomic E-state index is 5.52. The third kappa shape index (κ3) is 7.72. The van der Waals surface area contributed by atoms with E-state index in [0.29, 0.717) is 10.6 Å². The van der Waals surface area contributed by atoms with Gasteiger partial charge in [-0.1, -0.05) is 32.5 Å². The lowest BCUT2D eigenvalue weighted by molar-refractivity contribution is 0.402. The van der Waals surface area contributed by atoms with Gasteiger partial charge in [0.1, 0.15) is 0 Å². The molecule has 3 heteroatoms. The van der Waals surface area contributed by atoms with E-state index in [1.165, 1.54) is 6.42 Å². The summed E-state index contributed by atoms with van der Waals surface area (Å²) in [7, 11) is 1.72. The summed E-state index contributed by atoms with van der Waals surface area (Å²) in [6.07, 6.45) is 1.17. The van der Waals surface area contributed by atoms with Crippen LogP contribution in [0.1, 0.15) is 27.2 Å². The third-order valence-electron chi connectivity index (χ3n) is 1.32. The molecule has 0 aliphatic carbocycles. The van der Waals surface area contributed by atoms with Crippen LogP contribution < -0.4 is 5.73 Å². The van der Waals surface area contributed by atoms with Gasteiger partial charge in [-0.25, -0.2) is 0 Å². The summed E-state index contributed by atoms with van der Waals surface area (Å²) in [6, 6.07) is 0. The Morgan fingerprint density at radius 3 is 2.36 bits per heavy atom. The van der Waals surface area contributed by atoms with Gasteiger partial charge in [0, 0.05) is 12.8 Å². The summed E-state index contributed by atoms with van der Waals surface area (Å²) in [5.74, 6) is 1.06. The highest BCUT2D eigenvalue weighted by atomic mass is 32.2. The number of rotatable bonds is 2. The first-order chi connectivity index (χ1) is 4.95. The highest BCUT2D eigenvalue weighted by Crippen LogP contribution is 2.20. The molecule has 11 heavy (non-hydrogen) atoms. The zero-order valence-corrected chi connectivity index (χ0v) is 8.66. The van der Waals surface area contributed by atoms with Crippen LogP contribution in [0.15, 0.2) is 4.99 Å². The van der Waals surface area contributed by atoms with E-state index in [4.69, 9.17) is 5.73 Å². The first-order valence-corrected chi connectivity index (χ1v) is 4.79. The van der Waals surface area contributed by atoms with Gasteiger partial charge in [0.15, 0.2) is 5.17 Å². The van der Waals surface area contributed by atoms with E-state index in [9.17, 15) is 0 Å². The fraction of sp³-hybridized carbons (Fsp3) is 0.875. The first kappa shape index (κ1) is 10.8. The van der Waals surface area contributed by atoms with Crippen molar-refractivity contribution in [2.75, 3.05) is 12.8 Å². The van der Waals surface area contributed by atoms with Gasteiger partial charge in [0.25, 0.3) is 0 Å². The summed E-state index contributed by atoms with van der Waals surface area (Å²) >= 11 is 1.63. The average molecular weight is 174 g/mol. The predicted molar refractivity (Wildman–Crippen MR) is 54.1 cm³/mol. The standard InChI is InChI=1S/C8H18N2S/c1-8(2,3)5-6-11-7(9)10-4/h5-6H2,1-4H3,(H2,9,10). The molecule has 0 atom stereocenters. The van der Waals surface area contributed by atoms with E-state index in [-0.39, 0.29) is 0 Å². The van der Waals surface area contributed by atoms with Crippen LogP contribution in [0, 0.1) is 5.41 Å². The van der Waals surface area contributed by atoms with Gasteiger partial charge >= 0.3 is 0 Å². The minimum absolute atomic E-state index is 0.404. The van der Waals surface area contributed by atoms with Gasteiger partial charge in [0.05, 0.1) is 0 Å². The molecular weight excluding hydrogens is 156 g/mol. The van der Waals surface area contributed by atoms with Crippen molar-refractivity contribution in [3.05, 3.63) is 0 Å². The maximum absolute atomic E-state index is 5.52. The Morgan fingerprint density at radius 1 is 1.45 bits per heavy atom. The van der Waals surface area contributed by atoms with E-state index in [1.54, 1.807) is 18.8 Å². The monoisotopic (exact) mass is 174 g/mol. The van der Waals surface area contributed by atoms with E-state index in [0.717, 1.165) is 5.75 Å². The molecule has 66 valence electrons. The summed E-state index contributed by atoms with van der Waals surface area (Å²) in [6.45, 7) is 6.69. The quantitative estimate of drug-likeness (QED) is 0.514. The van der Waals surface area contributed by atoms with Gasteiger partial charge in [-0.15, -0.1) is 0 Å². The van der Waals surface area contributed by atoms with Gasteiger partial charge in [-0.2, -0.15) is 0 Å². The minimum Gasteiger partial charge on any atom is -0.379 e. The van der Waals surface area contributed by atoms with Crippen LogP contribution in [0.5, 0.6) is 0 Å². The third-order valence-corrected chi connectivity index (χ3v) is 2.21. The van der Waals surface area contributed by atoms with Gasteiger partial charge in [-0.05, 0) is 11.8 Å². The molecule has 0 amide bonds. The van der Waals surface area contributed by atoms with Crippen LogP contribution in [-0.2, 0) is 0 Å². The highest BCUT2D eigenvalue weighted by Gasteiger charge is 2.09. The van der Waals surface area contributed by atoms with Crippen LogP contribution in [0.2, 0.25) is 0 Å². The molecule has 0 rings (SSSR count). The number of nitrogens with two attached hydrogens (primary N) is 1. The molecule has 0 aromatic carbocycles. The number of nitrogens with zero attached hydrogens (tertiary/aromatic N) is 1. The van der Waals surface area contributed by atoms with Crippen LogP contribution in [0.3, 0.4) is 0 Å². The number of hydrogen-bond donors (Lipinski definition) is 1. The SMILES string of the molecule is CN=C(N)SCCC(C)(C)C. The lowest BCUT2D eigenvalue weighted by Crippen LogP contribution is -2.11. The molecule has 0 fully saturated rings. The van der Waals surface area contributed by atoms with Crippen molar-refractivity contribution in [1.82, 2.24) is 0 Å². The minimum atomic E-state index is 0.404. The van der Waals surface area contributed by atoms with E-state index < -0.39 is 0 Å². The lowest BCUT2D eigenvalue weighted by Gasteiger charge is -2.16. The Labute approximate surface area is 73.7 Å². The van der Waals surface area contributed by atoms with Gasteiger partial charge < -0.3 is 5.73 Å². The van der Waals surface area contributed by atoms with Crippen molar-refractivity contribution in [2.24, 2.45) is 16.1 Å². The molecule has 0 aliphatic rings. The Morgan fingerprint density at radius 2 is 2.00 bits per heavy atom. The lowest BCUT2D eigenvalue weighted by atomic mass is 9.94. The molecule has 0 unspecified atom stereocenters. The second kappa shape index (κ2) is 4.65. The molecule has 2 nitrogen and oxygen atoms in total. The van der Waals surface area contributed by atoms with Gasteiger partial charge in [-0.3, -0.25) is 4.99 Å². The fourth-order valence-electron chi connectivity index (χ4n) is 0.526. The van der Waals surface area contributed by atoms with Crippen molar-refractivity contribution in [2.45, 2.75) is 27.2 Å². The molecule has 0 aromatic heterocycles. The van der Waals surface area contributed by atoms with Crippen LogP contribution >= 0.6 is 11.8 Å². The maximum Gasteiger partial charge on any atom is 0.153 e. The summed E-state index contributed by atoms with van der Waals surface area (Å²) in [5, 5.41) is 0.689. The van der Waals surface area contributed by atoms with E-state index in [2.05, 4.69) is 25.8 Å². The topological polar surface area (TPSA) is 38.4 Å². The molecule has 0 aromatic rings. The number of aliphatic imine (C=N–C) groups is 1. The highest BCUT2D eigenvalue weighted by molar-refractivity contribution is 8.13. The fourth-order valence-corrected chi connectivity index (χ4v) is 1.58. The molecule has 0 bridgehead atoms. The Kier molecular flexibility index (Phi) is 4.57. The summed E-state index contributed by atoms with van der Waals surface area (Å²) in [5.41, 5.74) is 5.92. The molecule has 0 radical (unpaired) electrons. The summed E-state index contributed by atoms with van der Waals surface area (Å²) < 4.78 is 0. The molecule has 0 saturated carbocycles. The molecule has 0 saturated heterocycles. The average Bonchev–Trinajstić information content (AvgIpc) is 1.85. The smallest absolute Gasteiger partial charge is 0.153 e. The number of amidine groups is 1. The summed E-state index contributed by atoms with van der Waals surface area (Å²) in [4.78, 5) is 3.87. The second-order valence-electron chi connectivity index (χ2n) is 3.72.